The molecule has 5 nitrogen and oxygen atoms in total. The molecule has 1 aromatic carbocycles. The normalized spacial score (nSPS) is 15.3. The summed E-state index contributed by atoms with van der Waals surface area (Å²) >= 11 is 3.97. The second-order valence-electron chi connectivity index (χ2n) is 6.89. The van der Waals surface area contributed by atoms with Crippen molar-refractivity contribution in [2.24, 2.45) is 5.92 Å². The van der Waals surface area contributed by atoms with Gasteiger partial charge in [-0.05, 0) is 67.0 Å². The zero-order valence-corrected chi connectivity index (χ0v) is 18.3. The highest BCUT2D eigenvalue weighted by Crippen LogP contribution is 2.35. The van der Waals surface area contributed by atoms with Crippen molar-refractivity contribution in [3.8, 4) is 0 Å². The van der Waals surface area contributed by atoms with Crippen molar-refractivity contribution in [3.05, 3.63) is 44.6 Å². The summed E-state index contributed by atoms with van der Waals surface area (Å²) in [5.74, 6) is 1.17. The first kappa shape index (κ1) is 18.6. The van der Waals surface area contributed by atoms with Crippen LogP contribution in [0.5, 0.6) is 0 Å². The van der Waals surface area contributed by atoms with E-state index in [0.717, 1.165) is 45.8 Å². The van der Waals surface area contributed by atoms with Crippen LogP contribution in [0.1, 0.15) is 23.3 Å². The largest absolute Gasteiger partial charge is 0.356 e. The van der Waals surface area contributed by atoms with E-state index in [-0.39, 0.29) is 11.8 Å². The molecular weight excluding hydrogens is 471 g/mol. The van der Waals surface area contributed by atoms with E-state index in [4.69, 9.17) is 0 Å². The Kier molecular flexibility index (Phi) is 5.32. The fraction of sp³-hybridized carbons (Fsp3) is 0.350. The van der Waals surface area contributed by atoms with E-state index in [1.165, 1.54) is 15.8 Å². The maximum absolute atomic E-state index is 12.7. The summed E-state index contributed by atoms with van der Waals surface area (Å²) in [7, 11) is 0. The summed E-state index contributed by atoms with van der Waals surface area (Å²) in [6.45, 7) is 5.95. The van der Waals surface area contributed by atoms with Crippen molar-refractivity contribution in [1.29, 1.82) is 0 Å². The molecule has 1 amide bonds. The zero-order valence-electron chi connectivity index (χ0n) is 15.3. The zero-order chi connectivity index (χ0) is 19.0. The molecule has 1 fully saturated rings. The lowest BCUT2D eigenvalue weighted by atomic mass is 9.95. The summed E-state index contributed by atoms with van der Waals surface area (Å²) in [5, 5.41) is 4.26. The first-order valence-corrected chi connectivity index (χ1v) is 10.9. The number of amides is 1. The number of hydrogen-bond acceptors (Lipinski definition) is 5. The number of hydrogen-bond donors (Lipinski definition) is 1. The van der Waals surface area contributed by atoms with Crippen molar-refractivity contribution < 1.29 is 4.79 Å². The van der Waals surface area contributed by atoms with E-state index in [0.29, 0.717) is 0 Å². The Balaban J connectivity index is 1.47. The van der Waals surface area contributed by atoms with Crippen LogP contribution in [0.15, 0.2) is 30.6 Å². The number of thiophene rings is 1. The molecule has 0 unspecified atom stereocenters. The first-order valence-electron chi connectivity index (χ1n) is 9.05. The van der Waals surface area contributed by atoms with Gasteiger partial charge < -0.3 is 10.2 Å². The molecule has 1 saturated heterocycles. The van der Waals surface area contributed by atoms with Gasteiger partial charge in [0.2, 0.25) is 5.91 Å². The molecule has 7 heteroatoms. The Labute approximate surface area is 176 Å². The number of rotatable bonds is 3. The van der Waals surface area contributed by atoms with Crippen LogP contribution < -0.4 is 10.2 Å². The highest BCUT2D eigenvalue weighted by Gasteiger charge is 2.27. The smallest absolute Gasteiger partial charge is 0.227 e. The monoisotopic (exact) mass is 492 g/mol. The fourth-order valence-corrected chi connectivity index (χ4v) is 5.07. The van der Waals surface area contributed by atoms with Gasteiger partial charge in [0, 0.05) is 27.5 Å². The number of carbonyl (C=O) groups excluding carboxylic acids is 1. The number of anilines is 2. The Morgan fingerprint density at radius 1 is 1.22 bits per heavy atom. The summed E-state index contributed by atoms with van der Waals surface area (Å²) in [4.78, 5) is 26.3. The van der Waals surface area contributed by atoms with Crippen LogP contribution in [0.2, 0.25) is 0 Å². The Bertz CT molecular complexity index is 995. The third-order valence-corrected chi connectivity index (χ3v) is 7.30. The SMILES string of the molecule is Cc1sc2ncnc(N3CCC(C(=O)Nc4ccccc4I)CC3)c2c1C. The number of nitrogens with zero attached hydrogens (tertiary/aromatic N) is 3. The highest BCUT2D eigenvalue weighted by molar-refractivity contribution is 14.1. The molecule has 1 aliphatic rings. The highest BCUT2D eigenvalue weighted by atomic mass is 127. The molecule has 140 valence electrons. The van der Waals surface area contributed by atoms with E-state index in [2.05, 4.69) is 56.6 Å². The van der Waals surface area contributed by atoms with Gasteiger partial charge in [0.1, 0.15) is 17.0 Å². The molecular formula is C20H21IN4OS. The lowest BCUT2D eigenvalue weighted by Crippen LogP contribution is -2.38. The maximum Gasteiger partial charge on any atom is 0.227 e. The summed E-state index contributed by atoms with van der Waals surface area (Å²) in [6.07, 6.45) is 3.33. The summed E-state index contributed by atoms with van der Waals surface area (Å²) in [6, 6.07) is 7.89. The Hall–Kier alpha value is -1.74. The van der Waals surface area contributed by atoms with Gasteiger partial charge in [0.15, 0.2) is 0 Å². The van der Waals surface area contributed by atoms with E-state index in [9.17, 15) is 4.79 Å². The molecule has 1 aliphatic heterocycles. The van der Waals surface area contributed by atoms with E-state index in [1.54, 1.807) is 17.7 Å². The molecule has 0 saturated carbocycles. The minimum Gasteiger partial charge on any atom is -0.356 e. The first-order chi connectivity index (χ1) is 13.0. The van der Waals surface area contributed by atoms with Crippen molar-refractivity contribution in [1.82, 2.24) is 9.97 Å². The molecule has 2 aromatic heterocycles. The average molecular weight is 492 g/mol. The van der Waals surface area contributed by atoms with E-state index < -0.39 is 0 Å². The maximum atomic E-state index is 12.7. The number of fused-ring (bicyclic) bond motifs is 1. The fourth-order valence-electron chi connectivity index (χ4n) is 3.55. The number of carbonyl (C=O) groups is 1. The average Bonchev–Trinajstić information content (AvgIpc) is 2.98. The number of benzene rings is 1. The molecule has 4 rings (SSSR count). The van der Waals surface area contributed by atoms with Crippen molar-refractivity contribution >= 4 is 61.6 Å². The van der Waals surface area contributed by atoms with Crippen LogP contribution >= 0.6 is 33.9 Å². The Morgan fingerprint density at radius 2 is 1.96 bits per heavy atom. The molecule has 0 atom stereocenters. The van der Waals surface area contributed by atoms with Gasteiger partial charge in [-0.3, -0.25) is 4.79 Å². The van der Waals surface area contributed by atoms with Crippen molar-refractivity contribution in [2.45, 2.75) is 26.7 Å². The van der Waals surface area contributed by atoms with Crippen LogP contribution in [0.4, 0.5) is 11.5 Å². The number of aryl methyl sites for hydroxylation is 2. The molecule has 0 spiro atoms. The molecule has 27 heavy (non-hydrogen) atoms. The topological polar surface area (TPSA) is 58.1 Å². The molecule has 3 heterocycles. The van der Waals surface area contributed by atoms with Gasteiger partial charge in [-0.1, -0.05) is 12.1 Å². The summed E-state index contributed by atoms with van der Waals surface area (Å²) in [5.41, 5.74) is 2.16. The number of para-hydroxylation sites is 1. The van der Waals surface area contributed by atoms with Gasteiger partial charge >= 0.3 is 0 Å². The summed E-state index contributed by atoms with van der Waals surface area (Å²) < 4.78 is 1.06. The lowest BCUT2D eigenvalue weighted by molar-refractivity contribution is -0.120. The van der Waals surface area contributed by atoms with Gasteiger partial charge in [-0.2, -0.15) is 0 Å². The predicted molar refractivity (Wildman–Crippen MR) is 120 cm³/mol. The quantitative estimate of drug-likeness (QED) is 0.536. The lowest BCUT2D eigenvalue weighted by Gasteiger charge is -2.32. The van der Waals surface area contributed by atoms with Crippen LogP contribution in [0, 0.1) is 23.3 Å². The number of aromatic nitrogens is 2. The molecule has 3 aromatic rings. The van der Waals surface area contributed by atoms with Crippen molar-refractivity contribution in [2.75, 3.05) is 23.3 Å². The van der Waals surface area contributed by atoms with Crippen LogP contribution in [0.3, 0.4) is 0 Å². The number of nitrogens with one attached hydrogen (secondary N) is 1. The number of piperidine rings is 1. The van der Waals surface area contributed by atoms with Gasteiger partial charge in [-0.15, -0.1) is 11.3 Å². The second kappa shape index (κ2) is 7.71. The molecule has 1 N–H and O–H groups in total. The van der Waals surface area contributed by atoms with Crippen LogP contribution in [-0.4, -0.2) is 29.0 Å². The van der Waals surface area contributed by atoms with E-state index >= 15 is 0 Å². The molecule has 0 radical (unpaired) electrons. The predicted octanol–water partition coefficient (Wildman–Crippen LogP) is 4.77. The second-order valence-corrected chi connectivity index (χ2v) is 9.26. The number of halogens is 1. The molecule has 0 bridgehead atoms. The Morgan fingerprint density at radius 3 is 2.70 bits per heavy atom. The van der Waals surface area contributed by atoms with Gasteiger partial charge in [0.05, 0.1) is 11.1 Å². The van der Waals surface area contributed by atoms with Crippen molar-refractivity contribution in [3.63, 3.8) is 0 Å². The minimum atomic E-state index is 0.0416. The third kappa shape index (κ3) is 3.67. The van der Waals surface area contributed by atoms with E-state index in [1.807, 2.05) is 24.3 Å². The third-order valence-electron chi connectivity index (χ3n) is 5.24. The van der Waals surface area contributed by atoms with Gasteiger partial charge in [-0.25, -0.2) is 9.97 Å². The molecule has 0 aliphatic carbocycles. The minimum absolute atomic E-state index is 0.0416. The van der Waals surface area contributed by atoms with Crippen LogP contribution in [0.25, 0.3) is 10.2 Å². The standard InChI is InChI=1S/C20H21IN4OS/c1-12-13(2)27-20-17(12)18(22-11-23-20)25-9-7-14(8-10-25)19(26)24-16-6-4-3-5-15(16)21/h3-6,11,14H,7-10H2,1-2H3,(H,24,26). The van der Waals surface area contributed by atoms with Crippen LogP contribution in [-0.2, 0) is 4.79 Å². The van der Waals surface area contributed by atoms with Gasteiger partial charge in [0.25, 0.3) is 0 Å².